The van der Waals surface area contributed by atoms with Crippen LogP contribution in [-0.4, -0.2) is 26.8 Å². The van der Waals surface area contributed by atoms with E-state index in [4.69, 9.17) is 0 Å². The molecule has 5 rings (SSSR count). The van der Waals surface area contributed by atoms with Gasteiger partial charge in [-0.1, -0.05) is 19.9 Å². The molecular weight excluding hydrogens is 462 g/mol. The molecule has 0 aliphatic heterocycles. The van der Waals surface area contributed by atoms with Crippen LogP contribution in [0, 0.1) is 12.8 Å². The third-order valence-corrected chi connectivity index (χ3v) is 6.46. The summed E-state index contributed by atoms with van der Waals surface area (Å²) in [6, 6.07) is 17.1. The van der Waals surface area contributed by atoms with E-state index in [0.29, 0.717) is 17.1 Å². The molecule has 0 bridgehead atoms. The number of carbonyl (C=O) groups excluding carboxylic acids is 2. The zero-order valence-electron chi connectivity index (χ0n) is 21.2. The number of carbonyl (C=O) groups is 2. The van der Waals surface area contributed by atoms with Crippen molar-refractivity contribution < 1.29 is 9.59 Å². The van der Waals surface area contributed by atoms with Gasteiger partial charge < -0.3 is 10.6 Å². The molecule has 0 radical (unpaired) electrons. The Morgan fingerprint density at radius 2 is 1.59 bits per heavy atom. The number of hydrogen-bond acceptors (Lipinski definition) is 5. The van der Waals surface area contributed by atoms with Crippen LogP contribution in [0.2, 0.25) is 0 Å². The van der Waals surface area contributed by atoms with Gasteiger partial charge in [-0.3, -0.25) is 19.6 Å². The summed E-state index contributed by atoms with van der Waals surface area (Å²) in [6.45, 7) is 6.14. The number of rotatable bonds is 7. The van der Waals surface area contributed by atoms with E-state index < -0.39 is 0 Å². The van der Waals surface area contributed by atoms with Crippen molar-refractivity contribution >= 4 is 23.3 Å². The van der Waals surface area contributed by atoms with E-state index in [-0.39, 0.29) is 23.7 Å². The van der Waals surface area contributed by atoms with Crippen LogP contribution >= 0.6 is 0 Å². The summed E-state index contributed by atoms with van der Waals surface area (Å²) in [5.41, 5.74) is 6.86. The first kappa shape index (κ1) is 24.3. The third kappa shape index (κ3) is 5.72. The molecule has 1 aromatic carbocycles. The topological polar surface area (TPSA) is 96.9 Å². The fraction of sp³-hybridized carbons (Fsp3) is 0.233. The molecule has 3 heterocycles. The number of benzene rings is 1. The highest BCUT2D eigenvalue weighted by Crippen LogP contribution is 2.32. The zero-order valence-corrected chi connectivity index (χ0v) is 21.2. The van der Waals surface area contributed by atoms with Crippen molar-refractivity contribution in [3.63, 3.8) is 0 Å². The summed E-state index contributed by atoms with van der Waals surface area (Å²) in [5, 5.41) is 5.91. The Bertz CT molecular complexity index is 1480. The van der Waals surface area contributed by atoms with E-state index in [0.717, 1.165) is 46.5 Å². The van der Waals surface area contributed by atoms with Crippen molar-refractivity contribution in [1.82, 2.24) is 15.0 Å². The van der Waals surface area contributed by atoms with E-state index in [1.807, 2.05) is 55.5 Å². The molecule has 186 valence electrons. The minimum atomic E-state index is -0.174. The molecule has 7 nitrogen and oxygen atoms in total. The van der Waals surface area contributed by atoms with Crippen LogP contribution in [0.1, 0.15) is 54.2 Å². The summed E-state index contributed by atoms with van der Waals surface area (Å²) < 4.78 is 0. The molecule has 1 aliphatic carbocycles. The number of nitrogens with one attached hydrogen (secondary N) is 2. The van der Waals surface area contributed by atoms with Gasteiger partial charge in [-0.15, -0.1) is 0 Å². The van der Waals surface area contributed by atoms with Crippen LogP contribution in [0.25, 0.3) is 22.4 Å². The first-order valence-electron chi connectivity index (χ1n) is 12.5. The second-order valence-corrected chi connectivity index (χ2v) is 9.73. The molecule has 2 amide bonds. The van der Waals surface area contributed by atoms with E-state index >= 15 is 0 Å². The molecule has 7 heteroatoms. The van der Waals surface area contributed by atoms with E-state index in [1.54, 1.807) is 24.7 Å². The highest BCUT2D eigenvalue weighted by Gasteiger charge is 2.29. The highest BCUT2D eigenvalue weighted by atomic mass is 16.2. The number of pyridine rings is 3. The maximum absolute atomic E-state index is 12.9. The molecule has 2 N–H and O–H groups in total. The summed E-state index contributed by atoms with van der Waals surface area (Å²) in [7, 11) is 0. The lowest BCUT2D eigenvalue weighted by atomic mass is 9.99. The van der Waals surface area contributed by atoms with Crippen molar-refractivity contribution in [3.8, 4) is 22.4 Å². The quantitative estimate of drug-likeness (QED) is 0.319. The number of amides is 2. The molecular formula is C30H29N5O2. The maximum atomic E-state index is 12.9. The van der Waals surface area contributed by atoms with Gasteiger partial charge in [0.25, 0.3) is 5.91 Å². The molecule has 0 atom stereocenters. The number of anilines is 2. The lowest BCUT2D eigenvalue weighted by Gasteiger charge is -2.12. The number of aryl methyl sites for hydroxylation is 1. The van der Waals surface area contributed by atoms with Crippen molar-refractivity contribution in [1.29, 1.82) is 0 Å². The maximum Gasteiger partial charge on any atom is 0.255 e. The normalized spacial score (nSPS) is 12.9. The lowest BCUT2D eigenvalue weighted by molar-refractivity contribution is -0.117. The Morgan fingerprint density at radius 3 is 2.38 bits per heavy atom. The van der Waals surface area contributed by atoms with E-state index in [9.17, 15) is 9.59 Å². The van der Waals surface area contributed by atoms with Crippen LogP contribution in [0.15, 0.2) is 73.2 Å². The summed E-state index contributed by atoms with van der Waals surface area (Å²) in [6.07, 6.45) is 7.00. The Kier molecular flexibility index (Phi) is 6.77. The van der Waals surface area contributed by atoms with Gasteiger partial charge in [0.05, 0.1) is 5.69 Å². The summed E-state index contributed by atoms with van der Waals surface area (Å²) in [4.78, 5) is 38.3. The predicted octanol–water partition coefficient (Wildman–Crippen LogP) is 6.24. The van der Waals surface area contributed by atoms with Gasteiger partial charge in [0.2, 0.25) is 5.91 Å². The van der Waals surface area contributed by atoms with Crippen molar-refractivity contribution in [3.05, 3.63) is 90.0 Å². The van der Waals surface area contributed by atoms with Gasteiger partial charge in [-0.25, -0.2) is 4.98 Å². The molecule has 1 aliphatic rings. The Morgan fingerprint density at radius 1 is 0.838 bits per heavy atom. The third-order valence-electron chi connectivity index (χ3n) is 6.46. The average molecular weight is 492 g/mol. The van der Waals surface area contributed by atoms with Gasteiger partial charge in [-0.05, 0) is 90.9 Å². The standard InChI is InChI=1S/C30H29N5O2/c1-18(2)26-15-23(10-12-31-26)30(37)34-24-7-4-19(3)25(17-24)21-8-11-32-27(14-21)22-9-13-33-28(16-22)35-29(36)20-5-6-20/h4,7-18,20H,5-6H2,1-3H3,(H,34,37)(H,33,35,36). The molecule has 37 heavy (non-hydrogen) atoms. The minimum Gasteiger partial charge on any atom is -0.322 e. The van der Waals surface area contributed by atoms with E-state index in [2.05, 4.69) is 39.4 Å². The molecule has 1 saturated carbocycles. The first-order valence-corrected chi connectivity index (χ1v) is 12.5. The van der Waals surface area contributed by atoms with Crippen LogP contribution in [0.5, 0.6) is 0 Å². The van der Waals surface area contributed by atoms with Gasteiger partial charge in [0.15, 0.2) is 0 Å². The second-order valence-electron chi connectivity index (χ2n) is 9.73. The fourth-order valence-corrected chi connectivity index (χ4v) is 4.11. The number of hydrogen-bond donors (Lipinski definition) is 2. The minimum absolute atomic E-state index is 0.0213. The molecule has 4 aromatic rings. The van der Waals surface area contributed by atoms with Gasteiger partial charge in [-0.2, -0.15) is 0 Å². The number of aromatic nitrogens is 3. The van der Waals surface area contributed by atoms with Crippen LogP contribution < -0.4 is 10.6 Å². The van der Waals surface area contributed by atoms with Crippen LogP contribution in [0.4, 0.5) is 11.5 Å². The SMILES string of the molecule is Cc1ccc(NC(=O)c2ccnc(C(C)C)c2)cc1-c1ccnc(-c2ccnc(NC(=O)C3CC3)c2)c1. The molecule has 1 fully saturated rings. The molecule has 0 unspecified atom stereocenters. The fourth-order valence-electron chi connectivity index (χ4n) is 4.11. The molecule has 0 spiro atoms. The molecule has 0 saturated heterocycles. The van der Waals surface area contributed by atoms with Gasteiger partial charge in [0.1, 0.15) is 5.82 Å². The van der Waals surface area contributed by atoms with E-state index in [1.165, 1.54) is 0 Å². The van der Waals surface area contributed by atoms with Gasteiger partial charge in [0, 0.05) is 47.0 Å². The zero-order chi connectivity index (χ0) is 25.9. The first-order chi connectivity index (χ1) is 17.9. The second kappa shape index (κ2) is 10.3. The van der Waals surface area contributed by atoms with Crippen LogP contribution in [-0.2, 0) is 4.79 Å². The smallest absolute Gasteiger partial charge is 0.255 e. The Hall–Kier alpha value is -4.39. The summed E-state index contributed by atoms with van der Waals surface area (Å²) >= 11 is 0. The van der Waals surface area contributed by atoms with Crippen molar-refractivity contribution in [2.75, 3.05) is 10.6 Å². The Labute approximate surface area is 216 Å². The highest BCUT2D eigenvalue weighted by molar-refractivity contribution is 6.04. The van der Waals surface area contributed by atoms with Crippen molar-refractivity contribution in [2.24, 2.45) is 5.92 Å². The van der Waals surface area contributed by atoms with Crippen molar-refractivity contribution in [2.45, 2.75) is 39.5 Å². The monoisotopic (exact) mass is 491 g/mol. The van der Waals surface area contributed by atoms with Gasteiger partial charge >= 0.3 is 0 Å². The average Bonchev–Trinajstić information content (AvgIpc) is 3.76. The largest absolute Gasteiger partial charge is 0.322 e. The summed E-state index contributed by atoms with van der Waals surface area (Å²) in [5.74, 6) is 0.725. The lowest BCUT2D eigenvalue weighted by Crippen LogP contribution is -2.14. The van der Waals surface area contributed by atoms with Crippen LogP contribution in [0.3, 0.4) is 0 Å². The Balaban J connectivity index is 1.39. The molecule has 3 aromatic heterocycles. The number of nitrogens with zero attached hydrogens (tertiary/aromatic N) is 3. The predicted molar refractivity (Wildman–Crippen MR) is 145 cm³/mol.